The standard InChI is InChI=1S/C15H19N3O3S/c1-3-10-16-13-11(14(22)17-10)12(19)9(15(20)21-4-2)7-18(13)8-5-6-8/h8-9H,3-7H2,1-2H3,(H,16,17,22). The summed E-state index contributed by atoms with van der Waals surface area (Å²) in [7, 11) is 0. The number of fused-ring (bicyclic) bond motifs is 1. The Bertz CT molecular complexity index is 631. The van der Waals surface area contributed by atoms with Crippen LogP contribution in [0.4, 0.5) is 5.82 Å². The molecule has 0 saturated heterocycles. The van der Waals surface area contributed by atoms with Crippen LogP contribution >= 0.6 is 12.6 Å². The van der Waals surface area contributed by atoms with E-state index < -0.39 is 11.9 Å². The van der Waals surface area contributed by atoms with Crippen molar-refractivity contribution in [1.29, 1.82) is 0 Å². The number of rotatable bonds is 4. The second-order valence-corrected chi connectivity index (χ2v) is 5.99. The van der Waals surface area contributed by atoms with Gasteiger partial charge in [-0.2, -0.15) is 0 Å². The lowest BCUT2D eigenvalue weighted by atomic mass is 9.93. The maximum Gasteiger partial charge on any atom is 0.318 e. The number of hydrogen-bond donors (Lipinski definition) is 1. The monoisotopic (exact) mass is 321 g/mol. The zero-order valence-corrected chi connectivity index (χ0v) is 13.6. The van der Waals surface area contributed by atoms with E-state index in [1.807, 2.05) is 6.92 Å². The van der Waals surface area contributed by atoms with Gasteiger partial charge in [0, 0.05) is 19.0 Å². The molecule has 1 aromatic heterocycles. The van der Waals surface area contributed by atoms with E-state index >= 15 is 0 Å². The van der Waals surface area contributed by atoms with Crippen molar-refractivity contribution in [2.24, 2.45) is 5.92 Å². The highest BCUT2D eigenvalue weighted by atomic mass is 32.1. The molecule has 0 bridgehead atoms. The van der Waals surface area contributed by atoms with Crippen LogP contribution < -0.4 is 4.90 Å². The number of anilines is 1. The fraction of sp³-hybridized carbons (Fsp3) is 0.600. The van der Waals surface area contributed by atoms with Gasteiger partial charge >= 0.3 is 5.97 Å². The van der Waals surface area contributed by atoms with Gasteiger partial charge in [0.15, 0.2) is 5.78 Å². The van der Waals surface area contributed by atoms with E-state index in [1.54, 1.807) is 6.92 Å². The molecule has 0 amide bonds. The quantitative estimate of drug-likeness (QED) is 0.394. The molecule has 3 rings (SSSR count). The van der Waals surface area contributed by atoms with E-state index in [4.69, 9.17) is 4.74 Å². The van der Waals surface area contributed by atoms with Gasteiger partial charge in [-0.3, -0.25) is 9.59 Å². The largest absolute Gasteiger partial charge is 0.465 e. The van der Waals surface area contributed by atoms with Crippen molar-refractivity contribution in [3.05, 3.63) is 11.4 Å². The number of Topliss-reactive ketones (excluding diaryl/α,β-unsaturated/α-hetero) is 1. The molecule has 22 heavy (non-hydrogen) atoms. The summed E-state index contributed by atoms with van der Waals surface area (Å²) in [6.45, 7) is 4.29. The van der Waals surface area contributed by atoms with Crippen LogP contribution in [0, 0.1) is 5.92 Å². The number of aromatic nitrogens is 2. The summed E-state index contributed by atoms with van der Waals surface area (Å²) in [4.78, 5) is 35.6. The number of ether oxygens (including phenoxy) is 1. The van der Waals surface area contributed by atoms with E-state index in [1.165, 1.54) is 0 Å². The molecule has 7 heteroatoms. The lowest BCUT2D eigenvalue weighted by molar-refractivity contribution is -0.145. The van der Waals surface area contributed by atoms with Gasteiger partial charge in [-0.15, -0.1) is 12.6 Å². The summed E-state index contributed by atoms with van der Waals surface area (Å²) in [6.07, 6.45) is 2.78. The van der Waals surface area contributed by atoms with Crippen molar-refractivity contribution < 1.29 is 14.3 Å². The molecule has 6 nitrogen and oxygen atoms in total. The molecule has 0 N–H and O–H groups in total. The van der Waals surface area contributed by atoms with E-state index in [-0.39, 0.29) is 12.4 Å². The van der Waals surface area contributed by atoms with Gasteiger partial charge in [-0.25, -0.2) is 9.97 Å². The smallest absolute Gasteiger partial charge is 0.318 e. The zero-order valence-electron chi connectivity index (χ0n) is 12.7. The van der Waals surface area contributed by atoms with Crippen LogP contribution in [0.2, 0.25) is 0 Å². The Morgan fingerprint density at radius 3 is 2.68 bits per heavy atom. The fourth-order valence-corrected chi connectivity index (χ4v) is 3.07. The van der Waals surface area contributed by atoms with Gasteiger partial charge in [-0.1, -0.05) is 6.92 Å². The van der Waals surface area contributed by atoms with Gasteiger partial charge in [0.25, 0.3) is 0 Å². The number of esters is 1. The molecule has 118 valence electrons. The van der Waals surface area contributed by atoms with Gasteiger partial charge in [-0.05, 0) is 19.8 Å². The van der Waals surface area contributed by atoms with Crippen LogP contribution in [0.15, 0.2) is 5.03 Å². The number of ketones is 1. The highest BCUT2D eigenvalue weighted by molar-refractivity contribution is 7.80. The molecule has 1 aromatic rings. The number of thiol groups is 1. The number of nitrogens with zero attached hydrogens (tertiary/aromatic N) is 3. The Balaban J connectivity index is 2.05. The Morgan fingerprint density at radius 1 is 1.36 bits per heavy atom. The fourth-order valence-electron chi connectivity index (χ4n) is 2.74. The minimum atomic E-state index is -0.810. The highest BCUT2D eigenvalue weighted by Gasteiger charge is 2.44. The topological polar surface area (TPSA) is 72.4 Å². The third kappa shape index (κ3) is 2.58. The maximum absolute atomic E-state index is 12.7. The number of hydrogen-bond acceptors (Lipinski definition) is 7. The lowest BCUT2D eigenvalue weighted by Gasteiger charge is -2.33. The molecule has 1 aliphatic heterocycles. The highest BCUT2D eigenvalue weighted by Crippen LogP contribution is 2.39. The molecule has 2 heterocycles. The molecule has 1 saturated carbocycles. The summed E-state index contributed by atoms with van der Waals surface area (Å²) in [5.74, 6) is -0.272. The van der Waals surface area contributed by atoms with Crippen molar-refractivity contribution in [2.45, 2.75) is 44.2 Å². The molecule has 1 unspecified atom stereocenters. The van der Waals surface area contributed by atoms with E-state index in [9.17, 15) is 9.59 Å². The third-order valence-corrected chi connectivity index (χ3v) is 4.33. The minimum Gasteiger partial charge on any atom is -0.465 e. The van der Waals surface area contributed by atoms with Crippen LogP contribution in [0.25, 0.3) is 0 Å². The lowest BCUT2D eigenvalue weighted by Crippen LogP contribution is -2.45. The summed E-state index contributed by atoms with van der Waals surface area (Å²) in [6, 6.07) is 0.344. The Hall–Kier alpha value is -1.63. The zero-order chi connectivity index (χ0) is 15.9. The number of carbonyl (C=O) groups excluding carboxylic acids is 2. The summed E-state index contributed by atoms with van der Waals surface area (Å²) in [5.41, 5.74) is 0.358. The molecule has 1 aliphatic carbocycles. The van der Waals surface area contributed by atoms with E-state index in [0.717, 1.165) is 12.8 Å². The molecular weight excluding hydrogens is 302 g/mol. The second-order valence-electron chi connectivity index (χ2n) is 5.57. The minimum absolute atomic E-state index is 0.262. The van der Waals surface area contributed by atoms with Crippen molar-refractivity contribution in [3.63, 3.8) is 0 Å². The third-order valence-electron chi connectivity index (χ3n) is 4.01. The van der Waals surface area contributed by atoms with Gasteiger partial charge in [0.2, 0.25) is 0 Å². The first-order valence-electron chi connectivity index (χ1n) is 7.64. The van der Waals surface area contributed by atoms with Crippen molar-refractivity contribution in [1.82, 2.24) is 9.97 Å². The predicted molar refractivity (Wildman–Crippen MR) is 83.5 cm³/mol. The molecular formula is C15H19N3O3S. The van der Waals surface area contributed by atoms with Crippen LogP contribution in [0.5, 0.6) is 0 Å². The maximum atomic E-state index is 12.7. The van der Waals surface area contributed by atoms with Gasteiger partial charge in [0.05, 0.1) is 12.2 Å². The van der Waals surface area contributed by atoms with Gasteiger partial charge < -0.3 is 9.64 Å². The predicted octanol–water partition coefficient (Wildman–Crippen LogP) is 1.67. The Labute approximate surface area is 134 Å². The van der Waals surface area contributed by atoms with Crippen molar-refractivity contribution >= 4 is 30.2 Å². The van der Waals surface area contributed by atoms with Gasteiger partial charge in [0.1, 0.15) is 22.6 Å². The van der Waals surface area contributed by atoms with E-state index in [2.05, 4.69) is 27.5 Å². The summed E-state index contributed by atoms with van der Waals surface area (Å²) >= 11 is 4.36. The molecule has 0 aromatic carbocycles. The molecule has 1 atom stereocenters. The normalized spacial score (nSPS) is 20.8. The average Bonchev–Trinajstić information content (AvgIpc) is 3.31. The Kier molecular flexibility index (Phi) is 4.08. The summed E-state index contributed by atoms with van der Waals surface area (Å²) in [5, 5.41) is 0.353. The summed E-state index contributed by atoms with van der Waals surface area (Å²) < 4.78 is 5.05. The van der Waals surface area contributed by atoms with Crippen molar-refractivity contribution in [3.8, 4) is 0 Å². The average molecular weight is 321 g/mol. The van der Waals surface area contributed by atoms with E-state index in [0.29, 0.717) is 41.2 Å². The van der Waals surface area contributed by atoms with Crippen molar-refractivity contribution in [2.75, 3.05) is 18.1 Å². The molecule has 0 spiro atoms. The second kappa shape index (κ2) is 5.87. The molecule has 2 aliphatic rings. The van der Waals surface area contributed by atoms with Crippen LogP contribution in [0.3, 0.4) is 0 Å². The first-order chi connectivity index (χ1) is 10.6. The number of aryl methyl sites for hydroxylation is 1. The van der Waals surface area contributed by atoms with Crippen LogP contribution in [-0.2, 0) is 16.0 Å². The first kappa shape index (κ1) is 15.3. The SMILES string of the molecule is CCOC(=O)C1CN(C2CC2)c2nc(CC)nc(S)c2C1=O. The molecule has 0 radical (unpaired) electrons. The number of carbonyl (C=O) groups is 2. The Morgan fingerprint density at radius 2 is 2.09 bits per heavy atom. The van der Waals surface area contributed by atoms with Crippen LogP contribution in [-0.4, -0.2) is 40.9 Å². The first-order valence-corrected chi connectivity index (χ1v) is 8.08. The molecule has 1 fully saturated rings. The van der Waals surface area contributed by atoms with Crippen LogP contribution in [0.1, 0.15) is 42.9 Å².